The van der Waals surface area contributed by atoms with Gasteiger partial charge in [0.25, 0.3) is 0 Å². The molecule has 0 radical (unpaired) electrons. The minimum Gasteiger partial charge on any atom is -0.244 e. The van der Waals surface area contributed by atoms with Crippen LogP contribution in [0.3, 0.4) is 0 Å². The van der Waals surface area contributed by atoms with E-state index in [2.05, 4.69) is 34.3 Å². The minimum atomic E-state index is -0.144. The SMILES string of the molecule is C=C=Ic1ccc2scnc2c1C. The first-order chi connectivity index (χ1) is 6.33. The van der Waals surface area contributed by atoms with E-state index < -0.39 is 0 Å². The van der Waals surface area contributed by atoms with E-state index in [0.29, 0.717) is 0 Å². The third kappa shape index (κ3) is 1.59. The molecule has 0 bridgehead atoms. The molecule has 0 spiro atoms. The maximum Gasteiger partial charge on any atom is 0.0851 e. The Bertz CT molecular complexity index is 495. The van der Waals surface area contributed by atoms with Crippen LogP contribution in [0.1, 0.15) is 5.56 Å². The summed E-state index contributed by atoms with van der Waals surface area (Å²) in [5.41, 5.74) is 4.36. The molecule has 1 aromatic carbocycles. The second-order valence-electron chi connectivity index (χ2n) is 2.60. The molecule has 1 aromatic heterocycles. The predicted molar refractivity (Wildman–Crippen MR) is 67.7 cm³/mol. The van der Waals surface area contributed by atoms with E-state index >= 15 is 0 Å². The molecule has 0 unspecified atom stereocenters. The molecular formula is C10H8INS. The van der Waals surface area contributed by atoms with Crippen LogP contribution in [0.5, 0.6) is 0 Å². The Kier molecular flexibility index (Phi) is 2.58. The van der Waals surface area contributed by atoms with E-state index in [0.717, 1.165) is 5.52 Å². The molecule has 2 aromatic rings. The van der Waals surface area contributed by atoms with Crippen LogP contribution in [0.2, 0.25) is 0 Å². The number of hydrogen-bond donors (Lipinski definition) is 0. The molecule has 3 heteroatoms. The highest BCUT2D eigenvalue weighted by Gasteiger charge is 2.03. The van der Waals surface area contributed by atoms with Crippen LogP contribution in [-0.2, 0) is 0 Å². The fourth-order valence-corrected chi connectivity index (χ4v) is 3.38. The average molecular weight is 301 g/mol. The number of rotatable bonds is 1. The summed E-state index contributed by atoms with van der Waals surface area (Å²) in [4.78, 5) is 4.35. The predicted octanol–water partition coefficient (Wildman–Crippen LogP) is 3.33. The Hall–Kier alpha value is -0.510. The average Bonchev–Trinajstić information content (AvgIpc) is 2.58. The summed E-state index contributed by atoms with van der Waals surface area (Å²) >= 11 is 1.55. The summed E-state index contributed by atoms with van der Waals surface area (Å²) in [7, 11) is 0. The van der Waals surface area contributed by atoms with Gasteiger partial charge in [0.05, 0.1) is 15.7 Å². The molecule has 1 nitrogen and oxygen atoms in total. The zero-order valence-corrected chi connectivity index (χ0v) is 10.1. The Labute approximate surface area is 90.9 Å². The van der Waals surface area contributed by atoms with Gasteiger partial charge < -0.3 is 0 Å². The molecule has 2 rings (SSSR count). The number of nitrogens with zero attached hydrogens (tertiary/aromatic N) is 1. The van der Waals surface area contributed by atoms with Gasteiger partial charge in [-0.25, -0.2) is 4.98 Å². The van der Waals surface area contributed by atoms with Crippen LogP contribution in [0.15, 0.2) is 24.2 Å². The minimum absolute atomic E-state index is 0.144. The quantitative estimate of drug-likeness (QED) is 0.736. The summed E-state index contributed by atoms with van der Waals surface area (Å²) < 4.78 is 5.67. The zero-order valence-electron chi connectivity index (χ0n) is 7.17. The first-order valence-electron chi connectivity index (χ1n) is 3.81. The smallest absolute Gasteiger partial charge is 0.0851 e. The Morgan fingerprint density at radius 3 is 3.15 bits per heavy atom. The summed E-state index contributed by atoms with van der Waals surface area (Å²) in [6.45, 7) is 5.80. The number of aryl methyl sites for hydroxylation is 1. The molecule has 13 heavy (non-hydrogen) atoms. The largest absolute Gasteiger partial charge is 0.244 e. The summed E-state index contributed by atoms with van der Waals surface area (Å²) in [5, 5.41) is 0. The normalized spacial score (nSPS) is 10.2. The van der Waals surface area contributed by atoms with Gasteiger partial charge in [-0.05, 0) is 45.4 Å². The molecule has 0 amide bonds. The van der Waals surface area contributed by atoms with Crippen LogP contribution in [0.25, 0.3) is 10.2 Å². The van der Waals surface area contributed by atoms with Gasteiger partial charge in [-0.2, -0.15) is 0 Å². The van der Waals surface area contributed by atoms with Crippen LogP contribution < -0.4 is 0 Å². The molecule has 0 atom stereocenters. The standard InChI is InChI=1S/C10H8INS/c1-3-11-8-4-5-9-10(7(8)2)12-6-13-9/h4-6H,1H2,2H3. The Balaban J connectivity index is 2.80. The highest BCUT2D eigenvalue weighted by atomic mass is 127. The number of halogens is 1. The molecule has 0 aliphatic carbocycles. The fraction of sp³-hybridized carbons (Fsp3) is 0.100. The summed E-state index contributed by atoms with van der Waals surface area (Å²) in [5.74, 6) is 0. The first kappa shape index (κ1) is 9.06. The molecule has 66 valence electrons. The highest BCUT2D eigenvalue weighted by molar-refractivity contribution is 14.2. The van der Waals surface area contributed by atoms with Gasteiger partial charge in [0.1, 0.15) is 0 Å². The third-order valence-corrected chi connectivity index (χ3v) is 4.78. The van der Waals surface area contributed by atoms with Crippen LogP contribution in [0, 0.1) is 10.5 Å². The molecular weight excluding hydrogens is 293 g/mol. The van der Waals surface area contributed by atoms with Crippen molar-refractivity contribution in [1.29, 1.82) is 0 Å². The van der Waals surface area contributed by atoms with Crippen molar-refractivity contribution in [1.82, 2.24) is 4.98 Å². The van der Waals surface area contributed by atoms with Gasteiger partial charge in [0.15, 0.2) is 0 Å². The maximum absolute atomic E-state index is 4.35. The number of aromatic nitrogens is 1. The van der Waals surface area contributed by atoms with Gasteiger partial charge in [-0.3, -0.25) is 0 Å². The molecule has 0 fully saturated rings. The monoisotopic (exact) mass is 301 g/mol. The third-order valence-electron chi connectivity index (χ3n) is 1.86. The molecule has 0 saturated carbocycles. The Morgan fingerprint density at radius 1 is 1.54 bits per heavy atom. The van der Waals surface area contributed by atoms with Crippen LogP contribution >= 0.6 is 32.1 Å². The van der Waals surface area contributed by atoms with E-state index in [-0.39, 0.29) is 20.7 Å². The van der Waals surface area contributed by atoms with E-state index in [1.54, 1.807) is 11.3 Å². The number of hydrogen-bond acceptors (Lipinski definition) is 2. The summed E-state index contributed by atoms with van der Waals surface area (Å²) in [6, 6.07) is 4.33. The topological polar surface area (TPSA) is 12.9 Å². The molecule has 0 aliphatic rings. The summed E-state index contributed by atoms with van der Waals surface area (Å²) in [6.07, 6.45) is 0. The van der Waals surface area contributed by atoms with Crippen molar-refractivity contribution < 1.29 is 0 Å². The Morgan fingerprint density at radius 2 is 2.38 bits per heavy atom. The van der Waals surface area contributed by atoms with Crippen molar-refractivity contribution in [2.24, 2.45) is 0 Å². The van der Waals surface area contributed by atoms with E-state index in [1.807, 2.05) is 5.51 Å². The fourth-order valence-electron chi connectivity index (χ4n) is 1.22. The van der Waals surface area contributed by atoms with Gasteiger partial charge in [0.2, 0.25) is 0 Å². The van der Waals surface area contributed by atoms with Gasteiger partial charge >= 0.3 is 0 Å². The molecule has 0 aliphatic heterocycles. The lowest BCUT2D eigenvalue weighted by atomic mass is 10.2. The van der Waals surface area contributed by atoms with Crippen molar-refractivity contribution in [2.75, 3.05) is 0 Å². The molecule has 0 N–H and O–H groups in total. The van der Waals surface area contributed by atoms with Crippen molar-refractivity contribution in [3.05, 3.63) is 33.4 Å². The second-order valence-corrected chi connectivity index (χ2v) is 5.95. The first-order valence-corrected chi connectivity index (χ1v) is 6.85. The van der Waals surface area contributed by atoms with Gasteiger partial charge in [0, 0.05) is 3.57 Å². The van der Waals surface area contributed by atoms with Gasteiger partial charge in [-0.1, -0.05) is 10.2 Å². The van der Waals surface area contributed by atoms with Crippen molar-refractivity contribution in [3.8, 4) is 0 Å². The molecule has 1 heterocycles. The van der Waals surface area contributed by atoms with E-state index in [9.17, 15) is 0 Å². The van der Waals surface area contributed by atoms with Crippen molar-refractivity contribution in [3.63, 3.8) is 0 Å². The lowest BCUT2D eigenvalue weighted by Gasteiger charge is -1.98. The highest BCUT2D eigenvalue weighted by Crippen LogP contribution is 2.26. The number of benzene rings is 1. The number of thiazole rings is 1. The van der Waals surface area contributed by atoms with Crippen molar-refractivity contribution in [2.45, 2.75) is 6.92 Å². The molecule has 0 saturated heterocycles. The number of fused-ring (bicyclic) bond motifs is 1. The zero-order chi connectivity index (χ0) is 9.26. The van der Waals surface area contributed by atoms with Crippen LogP contribution in [-0.4, -0.2) is 8.65 Å². The lowest BCUT2D eigenvalue weighted by Crippen LogP contribution is -1.81. The van der Waals surface area contributed by atoms with Crippen molar-refractivity contribution >= 4 is 46.0 Å². The van der Waals surface area contributed by atoms with Crippen LogP contribution in [0.4, 0.5) is 0 Å². The second kappa shape index (κ2) is 3.70. The van der Waals surface area contributed by atoms with E-state index in [4.69, 9.17) is 0 Å². The maximum atomic E-state index is 4.35. The van der Waals surface area contributed by atoms with E-state index in [1.165, 1.54) is 13.8 Å². The lowest BCUT2D eigenvalue weighted by molar-refractivity contribution is 1.40. The van der Waals surface area contributed by atoms with Gasteiger partial charge in [-0.15, -0.1) is 11.3 Å².